The molecule has 3 saturated heterocycles. The summed E-state index contributed by atoms with van der Waals surface area (Å²) in [7, 11) is 0. The Labute approximate surface area is 151 Å². The molecule has 3 aliphatic heterocycles. The maximum absolute atomic E-state index is 13.1. The summed E-state index contributed by atoms with van der Waals surface area (Å²) in [6, 6.07) is 6.04. The summed E-state index contributed by atoms with van der Waals surface area (Å²) in [5.41, 5.74) is 2.35. The van der Waals surface area contributed by atoms with Crippen LogP contribution in [0.15, 0.2) is 22.6 Å². The van der Waals surface area contributed by atoms with Crippen molar-refractivity contribution in [2.24, 2.45) is 0 Å². The molecular weight excluding hydrogens is 524 g/mol. The van der Waals surface area contributed by atoms with Gasteiger partial charge in [0.1, 0.15) is 0 Å². The van der Waals surface area contributed by atoms with Gasteiger partial charge in [0, 0.05) is 0 Å². The minimum absolute atomic E-state index is 0.0293. The van der Waals surface area contributed by atoms with E-state index >= 15 is 0 Å². The van der Waals surface area contributed by atoms with Gasteiger partial charge >= 0.3 is 152 Å². The van der Waals surface area contributed by atoms with Gasteiger partial charge in [-0.25, -0.2) is 0 Å². The van der Waals surface area contributed by atoms with Crippen molar-refractivity contribution in [1.82, 2.24) is 10.6 Å². The number of benzene rings is 1. The van der Waals surface area contributed by atoms with Crippen molar-refractivity contribution in [3.63, 3.8) is 0 Å². The quantitative estimate of drug-likeness (QED) is 0.116. The third kappa shape index (κ3) is 1.76. The van der Waals surface area contributed by atoms with Crippen LogP contribution in [0, 0.1) is 0 Å². The van der Waals surface area contributed by atoms with E-state index in [1.165, 1.54) is 6.42 Å². The molecule has 8 heteroatoms. The van der Waals surface area contributed by atoms with Crippen molar-refractivity contribution < 1.29 is 35.4 Å². The van der Waals surface area contributed by atoms with Crippen LogP contribution in [0.2, 0.25) is 0 Å². The molecule has 0 spiro atoms. The summed E-state index contributed by atoms with van der Waals surface area (Å²) in [4.78, 5) is 13.1. The molecule has 1 atom stereocenters. The average molecular weight is 540 g/mol. The molecule has 2 aromatic heterocycles. The predicted octanol–water partition coefficient (Wildman–Crippen LogP) is -0.927. The van der Waals surface area contributed by atoms with E-state index in [9.17, 15) is 4.79 Å². The Kier molecular flexibility index (Phi) is 2.64. The van der Waals surface area contributed by atoms with Crippen LogP contribution in [-0.4, -0.2) is 13.2 Å². The molecule has 6 nitrogen and oxygen atoms in total. The van der Waals surface area contributed by atoms with E-state index in [0.29, 0.717) is 0 Å². The van der Waals surface area contributed by atoms with Crippen LogP contribution >= 0.6 is 20.4 Å². The number of ether oxygens (including phenoxy) is 1. The van der Waals surface area contributed by atoms with Gasteiger partial charge in [-0.3, -0.25) is 0 Å². The Morgan fingerprint density at radius 3 is 2.52 bits per heavy atom. The predicted molar refractivity (Wildman–Crippen MR) is 87.1 cm³/mol. The third-order valence-corrected chi connectivity index (χ3v) is 13.8. The van der Waals surface area contributed by atoms with Crippen LogP contribution in [0.25, 0.3) is 11.2 Å². The number of furan rings is 2. The molecule has 5 heterocycles. The first kappa shape index (κ1) is 14.0. The zero-order valence-electron chi connectivity index (χ0n) is 12.2. The molecule has 0 radical (unpaired) electrons. The number of hydrogen-bond donors (Lipinski definition) is 3. The van der Waals surface area contributed by atoms with E-state index in [1.807, 2.05) is 12.1 Å². The molecule has 124 valence electrons. The molecule has 6 rings (SSSR count). The zero-order valence-corrected chi connectivity index (χ0v) is 16.6. The van der Waals surface area contributed by atoms with E-state index in [4.69, 9.17) is 9.15 Å². The van der Waals surface area contributed by atoms with Crippen LogP contribution in [-0.2, 0) is 15.1 Å². The first-order chi connectivity index (χ1) is 11.2. The fourth-order valence-corrected chi connectivity index (χ4v) is 13.8. The van der Waals surface area contributed by atoms with Gasteiger partial charge in [-0.2, -0.15) is 0 Å². The first-order valence-corrected chi connectivity index (χ1v) is 13.3. The van der Waals surface area contributed by atoms with Gasteiger partial charge in [0.2, 0.25) is 0 Å². The van der Waals surface area contributed by atoms with Crippen molar-refractivity contribution in [2.45, 2.75) is 44.9 Å². The van der Waals surface area contributed by atoms with Gasteiger partial charge in [-0.15, -0.1) is 0 Å². The number of fused-ring (bicyclic) bond motifs is 3. The molecular formula is C15H16I2N3O3-. The van der Waals surface area contributed by atoms with E-state index in [0.717, 1.165) is 42.4 Å². The molecule has 2 bridgehead atoms. The number of nitrogens with one attached hydrogen (secondary N) is 3. The summed E-state index contributed by atoms with van der Waals surface area (Å²) < 4.78 is 22.0. The number of carbonyl (C=O) groups is 1. The SMILES string of the molecule is O=C(OC1(c2cc3ccc2o3)CCCCC1)C1(C23NI2N3)N[I-]1. The second-order valence-corrected chi connectivity index (χ2v) is 13.7. The fraction of sp³-hybridized carbons (Fsp3) is 0.533. The van der Waals surface area contributed by atoms with Crippen LogP contribution in [0.3, 0.4) is 0 Å². The minimum atomic E-state index is -1.16. The summed E-state index contributed by atoms with van der Waals surface area (Å²) in [6.45, 7) is 0. The van der Waals surface area contributed by atoms with Gasteiger partial charge in [0.15, 0.2) is 0 Å². The van der Waals surface area contributed by atoms with Crippen molar-refractivity contribution in [1.29, 1.82) is 0 Å². The molecule has 4 aliphatic rings. The Hall–Kier alpha value is -0.170. The first-order valence-electron chi connectivity index (χ1n) is 7.91. The molecule has 2 aromatic rings. The third-order valence-electron chi connectivity index (χ3n) is 5.32. The van der Waals surface area contributed by atoms with Crippen LogP contribution in [0.1, 0.15) is 37.7 Å². The number of hydrogen-bond acceptors (Lipinski definition) is 6. The second-order valence-electron chi connectivity index (χ2n) is 6.68. The molecule has 4 fully saturated rings. The van der Waals surface area contributed by atoms with Gasteiger partial charge in [0.05, 0.1) is 0 Å². The summed E-state index contributed by atoms with van der Waals surface area (Å²) >= 11 is -1.45. The Balaban J connectivity index is 1.36. The van der Waals surface area contributed by atoms with E-state index in [2.05, 4.69) is 16.7 Å². The standard InChI is InChI=1S/C15H16I2N3O3/c21-12(14(16-18-14)15-17(19-15)20-15)23-13(6-2-1-3-7-13)10-8-9-4-5-11(10)22-9/h4-5,8,18-20H,1-3,6-7H2/q-1. The second kappa shape index (κ2) is 4.32. The molecule has 0 amide bonds. The fourth-order valence-electron chi connectivity index (χ4n) is 3.82. The van der Waals surface area contributed by atoms with Crippen LogP contribution in [0.5, 0.6) is 0 Å². The Bertz CT molecular complexity index is 806. The number of carbonyl (C=O) groups excluding carboxylic acids is 1. The number of esters is 1. The van der Waals surface area contributed by atoms with Gasteiger partial charge in [-0.1, -0.05) is 0 Å². The zero-order chi connectivity index (χ0) is 15.3. The molecule has 23 heavy (non-hydrogen) atoms. The monoisotopic (exact) mass is 540 g/mol. The summed E-state index contributed by atoms with van der Waals surface area (Å²) in [6.07, 6.45) is 5.24. The number of rotatable bonds is 4. The topological polar surface area (TPSA) is 105 Å². The maximum atomic E-state index is 13.1. The van der Waals surface area contributed by atoms with Crippen molar-refractivity contribution in [3.8, 4) is 0 Å². The van der Waals surface area contributed by atoms with E-state index in [-0.39, 0.29) is 31.1 Å². The average Bonchev–Trinajstić information content (AvgIpc) is 3.46. The van der Waals surface area contributed by atoms with Crippen molar-refractivity contribution in [3.05, 3.63) is 23.8 Å². The van der Waals surface area contributed by atoms with Crippen LogP contribution < -0.4 is 32.1 Å². The van der Waals surface area contributed by atoms with Gasteiger partial charge < -0.3 is 0 Å². The normalized spacial score (nSPS) is 34.5. The van der Waals surface area contributed by atoms with E-state index in [1.54, 1.807) is 0 Å². The molecule has 1 aliphatic carbocycles. The van der Waals surface area contributed by atoms with E-state index < -0.39 is 29.5 Å². The van der Waals surface area contributed by atoms with Crippen molar-refractivity contribution >= 4 is 37.5 Å². The molecule has 1 unspecified atom stereocenters. The van der Waals surface area contributed by atoms with Gasteiger partial charge in [-0.05, 0) is 0 Å². The molecule has 0 aromatic carbocycles. The number of halogens is 2. The Morgan fingerprint density at radius 1 is 1.26 bits per heavy atom. The van der Waals surface area contributed by atoms with Crippen LogP contribution in [0.4, 0.5) is 0 Å². The summed E-state index contributed by atoms with van der Waals surface area (Å²) in [5, 5.41) is 0. The van der Waals surface area contributed by atoms with Crippen molar-refractivity contribution in [2.75, 3.05) is 0 Å². The summed E-state index contributed by atoms with van der Waals surface area (Å²) in [5.74, 6) is -0.0391. The molecule has 3 N–H and O–H groups in total. The van der Waals surface area contributed by atoms with Gasteiger partial charge in [0.25, 0.3) is 0 Å². The Morgan fingerprint density at radius 2 is 2.00 bits per heavy atom. The number of alkyl halides is 2. The molecule has 1 saturated carbocycles.